The van der Waals surface area contributed by atoms with Gasteiger partial charge < -0.3 is 5.73 Å². The van der Waals surface area contributed by atoms with E-state index in [1.807, 2.05) is 6.92 Å². The van der Waals surface area contributed by atoms with Crippen LogP contribution in [0, 0.1) is 6.92 Å². The zero-order valence-corrected chi connectivity index (χ0v) is 12.4. The van der Waals surface area contributed by atoms with Gasteiger partial charge in [-0.1, -0.05) is 6.92 Å². The molecule has 0 aromatic carbocycles. The van der Waals surface area contributed by atoms with Crippen LogP contribution >= 0.6 is 11.8 Å². The third kappa shape index (κ3) is 3.49. The first kappa shape index (κ1) is 15.7. The Bertz CT molecular complexity index is 620. The molecule has 114 valence electrons. The number of halogens is 3. The average molecular weight is 316 g/mol. The number of nitrogens with zero attached hydrogens (tertiary/aromatic N) is 3. The molecule has 21 heavy (non-hydrogen) atoms. The molecule has 0 aliphatic heterocycles. The Morgan fingerprint density at radius 3 is 2.57 bits per heavy atom. The molecule has 8 heteroatoms. The van der Waals surface area contributed by atoms with Crippen LogP contribution in [0.1, 0.15) is 24.6 Å². The molecule has 0 saturated heterocycles. The van der Waals surface area contributed by atoms with Gasteiger partial charge in [0.05, 0.1) is 16.9 Å². The van der Waals surface area contributed by atoms with Gasteiger partial charge in [-0.3, -0.25) is 4.68 Å². The Balaban J connectivity index is 2.26. The molecule has 2 aromatic heterocycles. The molecule has 2 rings (SSSR count). The monoisotopic (exact) mass is 316 g/mol. The number of rotatable bonds is 4. The van der Waals surface area contributed by atoms with Gasteiger partial charge in [0.2, 0.25) is 0 Å². The molecule has 0 fully saturated rings. The predicted octanol–water partition coefficient (Wildman–Crippen LogP) is 3.75. The van der Waals surface area contributed by atoms with Gasteiger partial charge in [0.1, 0.15) is 10.1 Å². The van der Waals surface area contributed by atoms with Gasteiger partial charge in [-0.05, 0) is 37.2 Å². The third-order valence-corrected chi connectivity index (χ3v) is 3.90. The van der Waals surface area contributed by atoms with Crippen LogP contribution in [0.2, 0.25) is 0 Å². The van der Waals surface area contributed by atoms with Gasteiger partial charge in [0.15, 0.2) is 0 Å². The van der Waals surface area contributed by atoms with E-state index >= 15 is 0 Å². The topological polar surface area (TPSA) is 56.7 Å². The summed E-state index contributed by atoms with van der Waals surface area (Å²) in [6.45, 7) is 4.50. The van der Waals surface area contributed by atoms with E-state index in [9.17, 15) is 13.2 Å². The molecule has 4 nitrogen and oxygen atoms in total. The minimum Gasteiger partial charge on any atom is -0.395 e. The van der Waals surface area contributed by atoms with Crippen LogP contribution in [-0.4, -0.2) is 14.8 Å². The van der Waals surface area contributed by atoms with Crippen LogP contribution in [0.5, 0.6) is 0 Å². The fourth-order valence-electron chi connectivity index (χ4n) is 1.75. The SMILES string of the molecule is CCCn1nc(C)c(N)c1Sc1ccc(C(F)(F)F)cn1. The standard InChI is InChI=1S/C13H15F3N4S/c1-3-6-20-12(11(17)8(2)19-20)21-10-5-4-9(7-18-10)13(14,15)16/h4-5,7H,3,6,17H2,1-2H3. The quantitative estimate of drug-likeness (QED) is 0.933. The molecule has 0 radical (unpaired) electrons. The molecular formula is C13H15F3N4S. The van der Waals surface area contributed by atoms with Crippen LogP contribution in [-0.2, 0) is 12.7 Å². The van der Waals surface area contributed by atoms with Gasteiger partial charge in [-0.25, -0.2) is 4.98 Å². The highest BCUT2D eigenvalue weighted by Gasteiger charge is 2.30. The summed E-state index contributed by atoms with van der Waals surface area (Å²) < 4.78 is 39.3. The van der Waals surface area contributed by atoms with E-state index in [0.29, 0.717) is 28.0 Å². The molecule has 0 unspecified atom stereocenters. The van der Waals surface area contributed by atoms with E-state index in [-0.39, 0.29) is 0 Å². The number of aryl methyl sites for hydroxylation is 2. The largest absolute Gasteiger partial charge is 0.417 e. The molecule has 0 aliphatic rings. The lowest BCUT2D eigenvalue weighted by Crippen LogP contribution is -2.05. The van der Waals surface area contributed by atoms with Crippen molar-refractivity contribution in [1.29, 1.82) is 0 Å². The summed E-state index contributed by atoms with van der Waals surface area (Å²) in [7, 11) is 0. The summed E-state index contributed by atoms with van der Waals surface area (Å²) in [4.78, 5) is 3.84. The maximum Gasteiger partial charge on any atom is 0.417 e. The highest BCUT2D eigenvalue weighted by Crippen LogP contribution is 2.34. The van der Waals surface area contributed by atoms with Gasteiger partial charge in [-0.15, -0.1) is 0 Å². The van der Waals surface area contributed by atoms with E-state index in [4.69, 9.17) is 5.73 Å². The fraction of sp³-hybridized carbons (Fsp3) is 0.385. The summed E-state index contributed by atoms with van der Waals surface area (Å²) >= 11 is 1.22. The second-order valence-corrected chi connectivity index (χ2v) is 5.52. The summed E-state index contributed by atoms with van der Waals surface area (Å²) in [5, 5.41) is 5.48. The first-order valence-electron chi connectivity index (χ1n) is 6.37. The van der Waals surface area contributed by atoms with E-state index in [0.717, 1.165) is 18.7 Å². The van der Waals surface area contributed by atoms with Crippen LogP contribution in [0.25, 0.3) is 0 Å². The van der Waals surface area contributed by atoms with Gasteiger partial charge in [-0.2, -0.15) is 18.3 Å². The fourth-order valence-corrected chi connectivity index (χ4v) is 2.69. The molecule has 0 bridgehead atoms. The van der Waals surface area contributed by atoms with Crippen LogP contribution < -0.4 is 5.73 Å². The number of pyridine rings is 1. The molecule has 0 saturated carbocycles. The highest BCUT2D eigenvalue weighted by molar-refractivity contribution is 7.99. The van der Waals surface area contributed by atoms with Crippen molar-refractivity contribution < 1.29 is 13.2 Å². The first-order valence-corrected chi connectivity index (χ1v) is 7.18. The Morgan fingerprint density at radius 1 is 1.33 bits per heavy atom. The Labute approximate surface area is 124 Å². The maximum absolute atomic E-state index is 12.5. The molecule has 0 amide bonds. The Hall–Kier alpha value is -1.70. The van der Waals surface area contributed by atoms with Crippen LogP contribution in [0.3, 0.4) is 0 Å². The van der Waals surface area contributed by atoms with Crippen molar-refractivity contribution in [3.63, 3.8) is 0 Å². The number of hydrogen-bond acceptors (Lipinski definition) is 4. The van der Waals surface area contributed by atoms with E-state index in [1.54, 1.807) is 11.6 Å². The molecule has 0 atom stereocenters. The smallest absolute Gasteiger partial charge is 0.395 e. The maximum atomic E-state index is 12.5. The average Bonchev–Trinajstić information content (AvgIpc) is 2.67. The van der Waals surface area contributed by atoms with Crippen molar-refractivity contribution in [2.75, 3.05) is 5.73 Å². The number of alkyl halides is 3. The van der Waals surface area contributed by atoms with Crippen LogP contribution in [0.15, 0.2) is 28.4 Å². The van der Waals surface area contributed by atoms with Gasteiger partial charge in [0.25, 0.3) is 0 Å². The van der Waals surface area contributed by atoms with Gasteiger partial charge >= 0.3 is 6.18 Å². The molecular weight excluding hydrogens is 301 g/mol. The van der Waals surface area contributed by atoms with Crippen molar-refractivity contribution in [2.45, 2.75) is 43.0 Å². The Morgan fingerprint density at radius 2 is 2.05 bits per heavy atom. The lowest BCUT2D eigenvalue weighted by molar-refractivity contribution is -0.137. The second kappa shape index (κ2) is 5.97. The lowest BCUT2D eigenvalue weighted by Gasteiger charge is -2.08. The summed E-state index contributed by atoms with van der Waals surface area (Å²) in [5.41, 5.74) is 6.45. The zero-order valence-electron chi connectivity index (χ0n) is 11.6. The molecule has 2 N–H and O–H groups in total. The van der Waals surface area contributed by atoms with Crippen molar-refractivity contribution in [3.8, 4) is 0 Å². The van der Waals surface area contributed by atoms with E-state index < -0.39 is 11.7 Å². The number of nitrogens with two attached hydrogens (primary N) is 1. The highest BCUT2D eigenvalue weighted by atomic mass is 32.2. The Kier molecular flexibility index (Phi) is 4.46. The lowest BCUT2D eigenvalue weighted by atomic mass is 10.3. The number of aromatic nitrogens is 3. The van der Waals surface area contributed by atoms with E-state index in [1.165, 1.54) is 17.8 Å². The minimum atomic E-state index is -4.38. The molecule has 0 spiro atoms. The predicted molar refractivity (Wildman–Crippen MR) is 75.0 cm³/mol. The van der Waals surface area contributed by atoms with E-state index in [2.05, 4.69) is 10.1 Å². The normalized spacial score (nSPS) is 11.9. The first-order chi connectivity index (χ1) is 9.82. The van der Waals surface area contributed by atoms with Gasteiger partial charge in [0, 0.05) is 12.7 Å². The minimum absolute atomic E-state index is 0.451. The summed E-state index contributed by atoms with van der Waals surface area (Å²) in [6, 6.07) is 2.35. The number of hydrogen-bond donors (Lipinski definition) is 1. The molecule has 2 heterocycles. The molecule has 0 aliphatic carbocycles. The summed E-state index contributed by atoms with van der Waals surface area (Å²) in [6.07, 6.45) is -2.67. The summed E-state index contributed by atoms with van der Waals surface area (Å²) in [5.74, 6) is 0. The van der Waals surface area contributed by atoms with Crippen molar-refractivity contribution in [1.82, 2.24) is 14.8 Å². The third-order valence-electron chi connectivity index (χ3n) is 2.83. The number of nitrogen functional groups attached to an aromatic ring is 1. The second-order valence-electron chi connectivity index (χ2n) is 4.51. The van der Waals surface area contributed by atoms with Crippen molar-refractivity contribution in [2.24, 2.45) is 0 Å². The zero-order chi connectivity index (χ0) is 15.6. The van der Waals surface area contributed by atoms with Crippen LogP contribution in [0.4, 0.5) is 18.9 Å². The number of anilines is 1. The van der Waals surface area contributed by atoms with Crippen molar-refractivity contribution >= 4 is 17.4 Å². The van der Waals surface area contributed by atoms with Crippen molar-refractivity contribution in [3.05, 3.63) is 29.6 Å². The molecule has 2 aromatic rings.